The van der Waals surface area contributed by atoms with Gasteiger partial charge < -0.3 is 14.6 Å². The fourth-order valence-electron chi connectivity index (χ4n) is 3.47. The van der Waals surface area contributed by atoms with Gasteiger partial charge in [-0.15, -0.1) is 0 Å². The first-order valence-electron chi connectivity index (χ1n) is 8.75. The fourth-order valence-corrected chi connectivity index (χ4v) is 3.47. The van der Waals surface area contributed by atoms with Crippen LogP contribution in [-0.2, 0) is 11.3 Å². The highest BCUT2D eigenvalue weighted by atomic mass is 16.5. The van der Waals surface area contributed by atoms with Crippen molar-refractivity contribution in [1.82, 2.24) is 20.4 Å². The van der Waals surface area contributed by atoms with Gasteiger partial charge in [0.15, 0.2) is 5.82 Å². The Labute approximate surface area is 146 Å². The number of aromatic nitrogens is 3. The van der Waals surface area contributed by atoms with Crippen LogP contribution in [0.2, 0.25) is 0 Å². The molecular weight excluding hydrogens is 316 g/mol. The van der Waals surface area contributed by atoms with Crippen LogP contribution in [0.3, 0.4) is 0 Å². The zero-order chi connectivity index (χ0) is 17.1. The normalized spacial score (nSPS) is 17.0. The molecule has 1 saturated heterocycles. The first-order chi connectivity index (χ1) is 12.3. The van der Waals surface area contributed by atoms with Gasteiger partial charge >= 0.3 is 0 Å². The van der Waals surface area contributed by atoms with E-state index in [1.165, 1.54) is 5.56 Å². The van der Waals surface area contributed by atoms with Crippen molar-refractivity contribution < 1.29 is 9.26 Å². The van der Waals surface area contributed by atoms with Crippen molar-refractivity contribution >= 4 is 10.9 Å². The number of benzene rings is 1. The number of fused-ring (bicyclic) bond motifs is 1. The van der Waals surface area contributed by atoms with Crippen LogP contribution in [0.5, 0.6) is 0 Å². The van der Waals surface area contributed by atoms with Crippen LogP contribution in [0.4, 0.5) is 0 Å². The lowest BCUT2D eigenvalue weighted by atomic mass is 9.91. The van der Waals surface area contributed by atoms with Crippen molar-refractivity contribution in [3.8, 4) is 0 Å². The second kappa shape index (κ2) is 7.29. The highest BCUT2D eigenvalue weighted by Gasteiger charge is 2.29. The predicted molar refractivity (Wildman–Crippen MR) is 93.9 cm³/mol. The second-order valence-corrected chi connectivity index (χ2v) is 6.48. The van der Waals surface area contributed by atoms with E-state index in [0.29, 0.717) is 24.2 Å². The molecule has 2 aromatic heterocycles. The summed E-state index contributed by atoms with van der Waals surface area (Å²) in [6, 6.07) is 10.4. The molecule has 0 amide bonds. The molecule has 0 aliphatic carbocycles. The molecule has 1 aromatic carbocycles. The molecule has 1 aliphatic rings. The summed E-state index contributed by atoms with van der Waals surface area (Å²) in [5.74, 6) is 1.76. The minimum absolute atomic E-state index is 0.0315. The number of aryl methyl sites for hydroxylation is 1. The molecule has 1 atom stereocenters. The van der Waals surface area contributed by atoms with Crippen molar-refractivity contribution in [1.29, 1.82) is 0 Å². The molecule has 3 heterocycles. The van der Waals surface area contributed by atoms with Gasteiger partial charge in [-0.05, 0) is 37.3 Å². The number of ether oxygens (including phenoxy) is 1. The standard InChI is InChI=1S/C19H22N4O2/c1-13-22-19(25-23-13)18(15-7-10-24-11-8-15)21-12-16-5-2-4-14-6-3-9-20-17(14)16/h2-6,9,15,18,21H,7-8,10-12H2,1H3/t18-/m1/s1. The average molecular weight is 338 g/mol. The van der Waals surface area contributed by atoms with E-state index in [-0.39, 0.29) is 6.04 Å². The van der Waals surface area contributed by atoms with Gasteiger partial charge in [0.1, 0.15) is 0 Å². The Hall–Kier alpha value is -2.31. The Kier molecular flexibility index (Phi) is 4.72. The summed E-state index contributed by atoms with van der Waals surface area (Å²) in [5.41, 5.74) is 2.20. The van der Waals surface area contributed by atoms with E-state index in [9.17, 15) is 0 Å². The van der Waals surface area contributed by atoms with Crippen molar-refractivity contribution in [3.63, 3.8) is 0 Å². The summed E-state index contributed by atoms with van der Waals surface area (Å²) < 4.78 is 11.0. The van der Waals surface area contributed by atoms with Crippen LogP contribution < -0.4 is 5.32 Å². The third-order valence-corrected chi connectivity index (χ3v) is 4.78. The van der Waals surface area contributed by atoms with Crippen LogP contribution in [-0.4, -0.2) is 28.3 Å². The Balaban J connectivity index is 1.57. The van der Waals surface area contributed by atoms with Gasteiger partial charge in [0.25, 0.3) is 0 Å². The summed E-state index contributed by atoms with van der Waals surface area (Å²) >= 11 is 0. The average Bonchev–Trinajstić information content (AvgIpc) is 3.09. The van der Waals surface area contributed by atoms with Crippen LogP contribution in [0, 0.1) is 12.8 Å². The van der Waals surface area contributed by atoms with E-state index in [1.54, 1.807) is 0 Å². The quantitative estimate of drug-likeness (QED) is 0.770. The summed E-state index contributed by atoms with van der Waals surface area (Å²) in [5, 5.41) is 8.75. The largest absolute Gasteiger partial charge is 0.381 e. The number of hydrogen-bond acceptors (Lipinski definition) is 6. The zero-order valence-electron chi connectivity index (χ0n) is 14.3. The Morgan fingerprint density at radius 2 is 2.04 bits per heavy atom. The van der Waals surface area contributed by atoms with E-state index < -0.39 is 0 Å². The highest BCUT2D eigenvalue weighted by Crippen LogP contribution is 2.30. The Bertz CT molecular complexity index is 837. The summed E-state index contributed by atoms with van der Waals surface area (Å²) in [6.45, 7) is 4.12. The second-order valence-electron chi connectivity index (χ2n) is 6.48. The van der Waals surface area contributed by atoms with Crippen molar-refractivity contribution in [3.05, 3.63) is 53.8 Å². The molecule has 0 unspecified atom stereocenters. The summed E-state index contributed by atoms with van der Waals surface area (Å²) in [4.78, 5) is 9.00. The van der Waals surface area contributed by atoms with Gasteiger partial charge in [0, 0.05) is 31.3 Å². The highest BCUT2D eigenvalue weighted by molar-refractivity contribution is 5.81. The molecule has 0 bridgehead atoms. The fraction of sp³-hybridized carbons (Fsp3) is 0.421. The maximum atomic E-state index is 5.51. The van der Waals surface area contributed by atoms with Crippen molar-refractivity contribution in [2.75, 3.05) is 13.2 Å². The van der Waals surface area contributed by atoms with E-state index in [4.69, 9.17) is 9.26 Å². The van der Waals surface area contributed by atoms with E-state index in [2.05, 4.69) is 44.7 Å². The maximum Gasteiger partial charge on any atom is 0.244 e. The third kappa shape index (κ3) is 3.55. The Morgan fingerprint density at radius 1 is 1.20 bits per heavy atom. The molecule has 25 heavy (non-hydrogen) atoms. The van der Waals surface area contributed by atoms with Crippen LogP contribution in [0.25, 0.3) is 10.9 Å². The van der Waals surface area contributed by atoms with Gasteiger partial charge in [-0.25, -0.2) is 0 Å². The van der Waals surface area contributed by atoms with Crippen LogP contribution in [0.1, 0.15) is 36.2 Å². The van der Waals surface area contributed by atoms with Gasteiger partial charge in [-0.3, -0.25) is 4.98 Å². The van der Waals surface area contributed by atoms with E-state index in [0.717, 1.165) is 37.0 Å². The van der Waals surface area contributed by atoms with Crippen LogP contribution in [0.15, 0.2) is 41.1 Å². The molecule has 6 nitrogen and oxygen atoms in total. The molecule has 4 rings (SSSR count). The molecule has 130 valence electrons. The topological polar surface area (TPSA) is 73.1 Å². The Morgan fingerprint density at radius 3 is 2.84 bits per heavy atom. The molecule has 1 fully saturated rings. The number of pyridine rings is 1. The van der Waals surface area contributed by atoms with Gasteiger partial charge in [0.2, 0.25) is 5.89 Å². The smallest absolute Gasteiger partial charge is 0.244 e. The van der Waals surface area contributed by atoms with Crippen molar-refractivity contribution in [2.24, 2.45) is 5.92 Å². The molecule has 3 aromatic rings. The number of nitrogens with zero attached hydrogens (tertiary/aromatic N) is 3. The lowest BCUT2D eigenvalue weighted by molar-refractivity contribution is 0.0485. The number of rotatable bonds is 5. The lowest BCUT2D eigenvalue weighted by Crippen LogP contribution is -2.32. The molecule has 1 aliphatic heterocycles. The van der Waals surface area contributed by atoms with Gasteiger partial charge in [-0.1, -0.05) is 29.4 Å². The SMILES string of the molecule is Cc1noc([C@H](NCc2cccc3cccnc23)C2CCOCC2)n1. The molecule has 0 radical (unpaired) electrons. The minimum atomic E-state index is 0.0315. The van der Waals surface area contributed by atoms with Gasteiger partial charge in [0.05, 0.1) is 11.6 Å². The molecule has 1 N–H and O–H groups in total. The minimum Gasteiger partial charge on any atom is -0.381 e. The first kappa shape index (κ1) is 16.2. The van der Waals surface area contributed by atoms with Crippen LogP contribution >= 0.6 is 0 Å². The monoisotopic (exact) mass is 338 g/mol. The summed E-state index contributed by atoms with van der Waals surface area (Å²) in [7, 11) is 0. The predicted octanol–water partition coefficient (Wildman–Crippen LogP) is 3.18. The number of hydrogen-bond donors (Lipinski definition) is 1. The number of nitrogens with one attached hydrogen (secondary N) is 1. The summed E-state index contributed by atoms with van der Waals surface area (Å²) in [6.07, 6.45) is 3.82. The van der Waals surface area contributed by atoms with Crippen molar-refractivity contribution in [2.45, 2.75) is 32.4 Å². The molecule has 6 heteroatoms. The van der Waals surface area contributed by atoms with E-state index >= 15 is 0 Å². The molecule has 0 saturated carbocycles. The maximum absolute atomic E-state index is 5.51. The molecule has 0 spiro atoms. The first-order valence-corrected chi connectivity index (χ1v) is 8.75. The van der Waals surface area contributed by atoms with E-state index in [1.807, 2.05) is 19.2 Å². The zero-order valence-corrected chi connectivity index (χ0v) is 14.3. The lowest BCUT2D eigenvalue weighted by Gasteiger charge is -2.28. The number of para-hydroxylation sites is 1. The molecular formula is C19H22N4O2. The third-order valence-electron chi connectivity index (χ3n) is 4.78. The van der Waals surface area contributed by atoms with Gasteiger partial charge in [-0.2, -0.15) is 4.98 Å².